The molecule has 0 bridgehead atoms. The van der Waals surface area contributed by atoms with Gasteiger partial charge in [0.1, 0.15) is 0 Å². The highest BCUT2D eigenvalue weighted by Gasteiger charge is 2.12. The van der Waals surface area contributed by atoms with Crippen LogP contribution in [0.1, 0.15) is 36.2 Å². The minimum atomic E-state index is -0.369. The van der Waals surface area contributed by atoms with Crippen LogP contribution in [0.5, 0.6) is 0 Å². The summed E-state index contributed by atoms with van der Waals surface area (Å²) in [5.74, 6) is -0.436. The molecule has 0 saturated carbocycles. The summed E-state index contributed by atoms with van der Waals surface area (Å²) in [5, 5.41) is 6.07. The molecule has 0 aliphatic carbocycles. The normalized spacial score (nSPS) is 10.2. The lowest BCUT2D eigenvalue weighted by Crippen LogP contribution is -2.18. The predicted molar refractivity (Wildman–Crippen MR) is 100.0 cm³/mol. The molecule has 0 aromatic heterocycles. The lowest BCUT2D eigenvalue weighted by Gasteiger charge is -2.12. The SMILES string of the molecule is CCOC(=O)c1ccccc1NCCC(=O)Nc1ccccc1CC. The van der Waals surface area contributed by atoms with Crippen LogP contribution in [0, 0.1) is 0 Å². The van der Waals surface area contributed by atoms with Crippen molar-refractivity contribution in [3.63, 3.8) is 0 Å². The molecule has 0 unspecified atom stereocenters. The van der Waals surface area contributed by atoms with Crippen LogP contribution < -0.4 is 10.6 Å². The number of hydrogen-bond donors (Lipinski definition) is 2. The van der Waals surface area contributed by atoms with Gasteiger partial charge in [0.05, 0.1) is 12.2 Å². The first-order valence-electron chi connectivity index (χ1n) is 8.53. The van der Waals surface area contributed by atoms with Crippen molar-refractivity contribution in [2.24, 2.45) is 0 Å². The van der Waals surface area contributed by atoms with Crippen molar-refractivity contribution < 1.29 is 14.3 Å². The molecule has 0 aliphatic rings. The molecule has 2 aromatic rings. The van der Waals surface area contributed by atoms with Gasteiger partial charge in [-0.2, -0.15) is 0 Å². The Balaban J connectivity index is 1.90. The van der Waals surface area contributed by atoms with Crippen molar-refractivity contribution in [1.82, 2.24) is 0 Å². The van der Waals surface area contributed by atoms with Gasteiger partial charge < -0.3 is 15.4 Å². The molecule has 0 radical (unpaired) electrons. The number of amides is 1. The molecule has 0 heterocycles. The topological polar surface area (TPSA) is 67.4 Å². The molecule has 2 N–H and O–H groups in total. The molecule has 1 amide bonds. The molecular weight excluding hydrogens is 316 g/mol. The quantitative estimate of drug-likeness (QED) is 0.716. The number of rotatable bonds is 8. The van der Waals surface area contributed by atoms with E-state index in [0.29, 0.717) is 30.8 Å². The molecule has 2 rings (SSSR count). The fourth-order valence-corrected chi connectivity index (χ4v) is 2.50. The standard InChI is InChI=1S/C20H24N2O3/c1-3-15-9-5-7-11-17(15)22-19(23)13-14-21-18-12-8-6-10-16(18)20(24)25-4-2/h5-12,21H,3-4,13-14H2,1-2H3,(H,22,23). The molecule has 25 heavy (non-hydrogen) atoms. The van der Waals surface area contributed by atoms with Crippen LogP contribution in [-0.4, -0.2) is 25.0 Å². The van der Waals surface area contributed by atoms with Crippen molar-refractivity contribution in [3.8, 4) is 0 Å². The van der Waals surface area contributed by atoms with E-state index in [0.717, 1.165) is 17.7 Å². The number of ether oxygens (including phenoxy) is 1. The van der Waals surface area contributed by atoms with Gasteiger partial charge in [-0.05, 0) is 37.1 Å². The average Bonchev–Trinajstić information content (AvgIpc) is 2.63. The molecule has 0 spiro atoms. The Morgan fingerprint density at radius 1 is 0.960 bits per heavy atom. The number of anilines is 2. The van der Waals surface area contributed by atoms with Gasteiger partial charge in [-0.25, -0.2) is 4.79 Å². The van der Waals surface area contributed by atoms with Crippen LogP contribution in [0.15, 0.2) is 48.5 Å². The number of para-hydroxylation sites is 2. The summed E-state index contributed by atoms with van der Waals surface area (Å²) in [6.07, 6.45) is 1.16. The Bertz CT molecular complexity index is 728. The van der Waals surface area contributed by atoms with Crippen LogP contribution in [0.3, 0.4) is 0 Å². The van der Waals surface area contributed by atoms with E-state index in [1.807, 2.05) is 30.3 Å². The van der Waals surface area contributed by atoms with Crippen molar-refractivity contribution in [2.45, 2.75) is 26.7 Å². The largest absolute Gasteiger partial charge is 0.462 e. The van der Waals surface area contributed by atoms with E-state index in [1.165, 1.54) is 0 Å². The summed E-state index contributed by atoms with van der Waals surface area (Å²) in [6.45, 7) is 4.58. The van der Waals surface area contributed by atoms with Crippen LogP contribution in [0.25, 0.3) is 0 Å². The molecule has 0 aliphatic heterocycles. The van der Waals surface area contributed by atoms with Crippen molar-refractivity contribution in [3.05, 3.63) is 59.7 Å². The van der Waals surface area contributed by atoms with E-state index in [4.69, 9.17) is 4.74 Å². The van der Waals surface area contributed by atoms with Gasteiger partial charge in [0, 0.05) is 24.3 Å². The maximum atomic E-state index is 12.1. The molecule has 0 fully saturated rings. The number of benzene rings is 2. The lowest BCUT2D eigenvalue weighted by atomic mass is 10.1. The van der Waals surface area contributed by atoms with Crippen LogP contribution in [-0.2, 0) is 16.0 Å². The maximum Gasteiger partial charge on any atom is 0.340 e. The van der Waals surface area contributed by atoms with Gasteiger partial charge >= 0.3 is 5.97 Å². The highest BCUT2D eigenvalue weighted by Crippen LogP contribution is 2.17. The Morgan fingerprint density at radius 3 is 2.36 bits per heavy atom. The maximum absolute atomic E-state index is 12.1. The lowest BCUT2D eigenvalue weighted by molar-refractivity contribution is -0.115. The van der Waals surface area contributed by atoms with Gasteiger partial charge in [0.2, 0.25) is 5.91 Å². The average molecular weight is 340 g/mol. The fraction of sp³-hybridized carbons (Fsp3) is 0.300. The van der Waals surface area contributed by atoms with Crippen molar-refractivity contribution >= 4 is 23.3 Å². The number of carbonyl (C=O) groups excluding carboxylic acids is 2. The Kier molecular flexibility index (Phi) is 7.01. The first kappa shape index (κ1) is 18.5. The smallest absolute Gasteiger partial charge is 0.340 e. The van der Waals surface area contributed by atoms with Crippen LogP contribution in [0.4, 0.5) is 11.4 Å². The summed E-state index contributed by atoms with van der Waals surface area (Å²) in [4.78, 5) is 24.1. The van der Waals surface area contributed by atoms with E-state index in [-0.39, 0.29) is 11.9 Å². The minimum Gasteiger partial charge on any atom is -0.462 e. The summed E-state index contributed by atoms with van der Waals surface area (Å²) < 4.78 is 5.04. The molecule has 0 saturated heterocycles. The van der Waals surface area contributed by atoms with E-state index in [9.17, 15) is 9.59 Å². The van der Waals surface area contributed by atoms with Crippen molar-refractivity contribution in [1.29, 1.82) is 0 Å². The Labute approximate surface area is 148 Å². The summed E-state index contributed by atoms with van der Waals surface area (Å²) in [5.41, 5.74) is 3.10. The van der Waals surface area contributed by atoms with Gasteiger partial charge in [0.25, 0.3) is 0 Å². The van der Waals surface area contributed by atoms with E-state index < -0.39 is 0 Å². The minimum absolute atomic E-state index is 0.0676. The third kappa shape index (κ3) is 5.35. The summed E-state index contributed by atoms with van der Waals surface area (Å²) in [7, 11) is 0. The van der Waals surface area contributed by atoms with Crippen LogP contribution >= 0.6 is 0 Å². The fourth-order valence-electron chi connectivity index (χ4n) is 2.50. The number of nitrogens with one attached hydrogen (secondary N) is 2. The first-order valence-corrected chi connectivity index (χ1v) is 8.53. The predicted octanol–water partition coefficient (Wildman–Crippen LogP) is 3.87. The number of esters is 1. The molecule has 5 heteroatoms. The molecule has 5 nitrogen and oxygen atoms in total. The first-order chi connectivity index (χ1) is 12.2. The molecule has 132 valence electrons. The Morgan fingerprint density at radius 2 is 1.64 bits per heavy atom. The third-order valence-electron chi connectivity index (χ3n) is 3.76. The number of aryl methyl sites for hydroxylation is 1. The van der Waals surface area contributed by atoms with Gasteiger partial charge in [0.15, 0.2) is 0 Å². The highest BCUT2D eigenvalue weighted by atomic mass is 16.5. The van der Waals surface area contributed by atoms with Gasteiger partial charge in [-0.1, -0.05) is 37.3 Å². The molecular formula is C20H24N2O3. The zero-order valence-corrected chi connectivity index (χ0v) is 14.7. The second kappa shape index (κ2) is 9.47. The monoisotopic (exact) mass is 340 g/mol. The Hall–Kier alpha value is -2.82. The van der Waals surface area contributed by atoms with Crippen LogP contribution in [0.2, 0.25) is 0 Å². The van der Waals surface area contributed by atoms with E-state index in [1.54, 1.807) is 25.1 Å². The van der Waals surface area contributed by atoms with Gasteiger partial charge in [-0.15, -0.1) is 0 Å². The second-order valence-electron chi connectivity index (χ2n) is 5.50. The zero-order chi connectivity index (χ0) is 18.1. The van der Waals surface area contributed by atoms with Crippen molar-refractivity contribution in [2.75, 3.05) is 23.8 Å². The third-order valence-corrected chi connectivity index (χ3v) is 3.76. The van der Waals surface area contributed by atoms with Gasteiger partial charge in [-0.3, -0.25) is 4.79 Å². The van der Waals surface area contributed by atoms with E-state index in [2.05, 4.69) is 17.6 Å². The molecule has 2 aromatic carbocycles. The summed E-state index contributed by atoms with van der Waals surface area (Å²) in [6, 6.07) is 14.9. The molecule has 0 atom stereocenters. The second-order valence-corrected chi connectivity index (χ2v) is 5.50. The number of hydrogen-bond acceptors (Lipinski definition) is 4. The summed E-state index contributed by atoms with van der Waals surface area (Å²) >= 11 is 0. The van der Waals surface area contributed by atoms with E-state index >= 15 is 0 Å². The number of carbonyl (C=O) groups is 2. The zero-order valence-electron chi connectivity index (χ0n) is 14.7. The highest BCUT2D eigenvalue weighted by molar-refractivity contribution is 5.96.